The van der Waals surface area contributed by atoms with Crippen LogP contribution in [0.1, 0.15) is 233 Å². The zero-order valence-electron chi connectivity index (χ0n) is 33.5. The average molecular weight is 695 g/mol. The molecule has 5 nitrogen and oxygen atoms in total. The van der Waals surface area contributed by atoms with Crippen molar-refractivity contribution in [3.05, 3.63) is 24.3 Å². The molecule has 0 rings (SSSR count). The fourth-order valence-electron chi connectivity index (χ4n) is 5.25. The predicted octanol–water partition coefficient (Wildman–Crippen LogP) is 14.3. The Morgan fingerprint density at radius 1 is 0.429 bits per heavy atom. The molecule has 0 amide bonds. The summed E-state index contributed by atoms with van der Waals surface area (Å²) in [5.74, 6) is -0.677. The molecule has 5 heteroatoms. The van der Waals surface area contributed by atoms with Crippen LogP contribution in [0.4, 0.5) is 0 Å². The van der Waals surface area contributed by atoms with Crippen LogP contribution in [-0.4, -0.2) is 35.4 Å². The summed E-state index contributed by atoms with van der Waals surface area (Å²) < 4.78 is 5.15. The molecular formula is C44H86O5. The Morgan fingerprint density at radius 3 is 1.08 bits per heavy atom. The lowest BCUT2D eigenvalue weighted by molar-refractivity contribution is -0.144. The molecular weight excluding hydrogens is 608 g/mol. The van der Waals surface area contributed by atoms with Gasteiger partial charge in [-0.3, -0.25) is 9.59 Å². The van der Waals surface area contributed by atoms with Gasteiger partial charge in [0.2, 0.25) is 0 Å². The molecule has 0 aliphatic carbocycles. The molecule has 0 saturated heterocycles. The highest BCUT2D eigenvalue weighted by molar-refractivity contribution is 5.69. The summed E-state index contributed by atoms with van der Waals surface area (Å²) in [4.78, 5) is 21.7. The number of rotatable bonds is 35. The van der Waals surface area contributed by atoms with Crippen LogP contribution in [0.15, 0.2) is 24.3 Å². The van der Waals surface area contributed by atoms with E-state index in [-0.39, 0.29) is 5.97 Å². The number of carbonyl (C=O) groups excluding carboxylic acids is 1. The number of aliphatic hydroxyl groups is 1. The van der Waals surface area contributed by atoms with Gasteiger partial charge in [0.1, 0.15) is 0 Å². The monoisotopic (exact) mass is 695 g/mol. The minimum atomic E-state index is -0.664. The van der Waals surface area contributed by atoms with E-state index in [0.717, 1.165) is 51.4 Å². The van der Waals surface area contributed by atoms with Crippen LogP contribution in [0, 0.1) is 0 Å². The zero-order chi connectivity index (χ0) is 36.7. The maximum absolute atomic E-state index is 11.4. The second kappa shape index (κ2) is 50.8. The molecule has 0 aromatic carbocycles. The van der Waals surface area contributed by atoms with Crippen LogP contribution in [0.3, 0.4) is 0 Å². The van der Waals surface area contributed by atoms with E-state index in [1.54, 1.807) is 0 Å². The van der Waals surface area contributed by atoms with Gasteiger partial charge >= 0.3 is 11.9 Å². The van der Waals surface area contributed by atoms with Crippen LogP contribution >= 0.6 is 0 Å². The molecule has 0 bridgehead atoms. The maximum Gasteiger partial charge on any atom is 0.305 e. The third kappa shape index (κ3) is 58.9. The van der Waals surface area contributed by atoms with Gasteiger partial charge in [0.25, 0.3) is 0 Å². The van der Waals surface area contributed by atoms with Crippen LogP contribution in [0.25, 0.3) is 0 Å². The molecule has 0 fully saturated rings. The Kier molecular flexibility index (Phi) is 53.6. The largest absolute Gasteiger partial charge is 0.481 e. The van der Waals surface area contributed by atoms with Crippen molar-refractivity contribution in [3.63, 3.8) is 0 Å². The predicted molar refractivity (Wildman–Crippen MR) is 214 cm³/mol. The van der Waals surface area contributed by atoms with E-state index in [2.05, 4.69) is 52.0 Å². The van der Waals surface area contributed by atoms with E-state index in [4.69, 9.17) is 14.9 Å². The fourth-order valence-corrected chi connectivity index (χ4v) is 5.25. The molecule has 0 aromatic rings. The van der Waals surface area contributed by atoms with Crippen LogP contribution < -0.4 is 0 Å². The summed E-state index contributed by atoms with van der Waals surface area (Å²) in [5.41, 5.74) is 0. The molecule has 0 unspecified atom stereocenters. The van der Waals surface area contributed by atoms with Crippen LogP contribution in [0.2, 0.25) is 0 Å². The van der Waals surface area contributed by atoms with Gasteiger partial charge in [0.05, 0.1) is 6.61 Å². The topological polar surface area (TPSA) is 83.8 Å². The molecule has 0 heterocycles. The summed E-state index contributed by atoms with van der Waals surface area (Å²) in [6.07, 6.45) is 47.4. The summed E-state index contributed by atoms with van der Waals surface area (Å²) in [7, 11) is 0. The quantitative estimate of drug-likeness (QED) is 0.0392. The van der Waals surface area contributed by atoms with Crippen molar-refractivity contribution in [2.75, 3.05) is 13.2 Å². The zero-order valence-corrected chi connectivity index (χ0v) is 33.5. The smallest absolute Gasteiger partial charge is 0.305 e. The molecule has 0 atom stereocenters. The van der Waals surface area contributed by atoms with Gasteiger partial charge in [-0.2, -0.15) is 0 Å². The van der Waals surface area contributed by atoms with E-state index in [9.17, 15) is 9.59 Å². The van der Waals surface area contributed by atoms with Crippen molar-refractivity contribution >= 4 is 11.9 Å². The molecule has 0 spiro atoms. The lowest BCUT2D eigenvalue weighted by Gasteiger charge is -2.03. The van der Waals surface area contributed by atoms with Gasteiger partial charge in [-0.05, 0) is 77.0 Å². The number of carboxylic acids is 1. The Hall–Kier alpha value is -1.62. The van der Waals surface area contributed by atoms with Crippen molar-refractivity contribution < 1.29 is 24.5 Å². The first-order chi connectivity index (χ1) is 24.0. The highest BCUT2D eigenvalue weighted by Gasteiger charge is 2.01. The number of esters is 1. The van der Waals surface area contributed by atoms with Gasteiger partial charge in [0.15, 0.2) is 0 Å². The summed E-state index contributed by atoms with van der Waals surface area (Å²) in [5, 5.41) is 16.6. The first-order valence-electron chi connectivity index (χ1n) is 21.3. The normalized spacial score (nSPS) is 11.0. The first kappa shape index (κ1) is 51.7. The van der Waals surface area contributed by atoms with Crippen LogP contribution in [0.5, 0.6) is 0 Å². The highest BCUT2D eigenvalue weighted by Crippen LogP contribution is 2.11. The molecule has 0 saturated carbocycles. The molecule has 0 aliphatic heterocycles. The third-order valence-electron chi connectivity index (χ3n) is 8.57. The number of unbranched alkanes of at least 4 members (excludes halogenated alkanes) is 24. The first-order valence-corrected chi connectivity index (χ1v) is 21.3. The maximum atomic E-state index is 11.4. The van der Waals surface area contributed by atoms with E-state index >= 15 is 0 Å². The van der Waals surface area contributed by atoms with Crippen molar-refractivity contribution in [1.82, 2.24) is 0 Å². The van der Waals surface area contributed by atoms with E-state index in [0.29, 0.717) is 26.1 Å². The Morgan fingerprint density at radius 2 is 0.755 bits per heavy atom. The molecule has 2 N–H and O–H groups in total. The van der Waals surface area contributed by atoms with E-state index in [1.165, 1.54) is 141 Å². The number of aliphatic hydroxyl groups excluding tert-OH is 1. The Balaban J connectivity index is -0.000000766. The standard InChI is InChI=1S/C22H42O2.C18H34O2.C4H10O/c1-3-5-7-8-9-10-11-12-13-14-15-16-17-18-19-20-22(23)24-21-6-4-2;1-2-3-4-5-6-7-8-9-10-11-12-13-14-15-16-17-18(19)20;1-2-3-4-5/h12-13H,3-11,14-21H2,1-2H3;9-10H,2-8,11-17H2,1H3,(H,19,20);5H,2-4H2,1H3/b13-12-;10-9-;. The fraction of sp³-hybridized carbons (Fsp3) is 0.864. The van der Waals surface area contributed by atoms with Crippen LogP contribution in [-0.2, 0) is 14.3 Å². The minimum Gasteiger partial charge on any atom is -0.481 e. The van der Waals surface area contributed by atoms with Gasteiger partial charge < -0.3 is 14.9 Å². The van der Waals surface area contributed by atoms with E-state index in [1.807, 2.05) is 0 Å². The number of carboxylic acid groups (broad SMARTS) is 1. The second-order valence-corrected chi connectivity index (χ2v) is 13.7. The number of hydrogen-bond donors (Lipinski definition) is 2. The van der Waals surface area contributed by atoms with Gasteiger partial charge in [0, 0.05) is 19.4 Å². The third-order valence-corrected chi connectivity index (χ3v) is 8.57. The SMILES string of the molecule is CCCCCCCC/C=C\CCCCCCCC(=O)O.CCCCCCCC/C=C\CCCCCCCC(=O)OCCCC.CCCCO. The number of ether oxygens (including phenoxy) is 1. The van der Waals surface area contributed by atoms with Gasteiger partial charge in [-0.25, -0.2) is 0 Å². The van der Waals surface area contributed by atoms with Crippen molar-refractivity contribution in [1.29, 1.82) is 0 Å². The van der Waals surface area contributed by atoms with Crippen molar-refractivity contribution in [2.45, 2.75) is 233 Å². The molecule has 0 aliphatic rings. The summed E-state index contributed by atoms with van der Waals surface area (Å²) in [6.45, 7) is 9.63. The van der Waals surface area contributed by atoms with Gasteiger partial charge in [-0.15, -0.1) is 0 Å². The lowest BCUT2D eigenvalue weighted by atomic mass is 10.1. The number of hydrogen-bond acceptors (Lipinski definition) is 4. The Bertz CT molecular complexity index is 670. The summed E-state index contributed by atoms with van der Waals surface area (Å²) >= 11 is 0. The van der Waals surface area contributed by atoms with Gasteiger partial charge in [-0.1, -0.05) is 168 Å². The molecule has 0 aromatic heterocycles. The average Bonchev–Trinajstić information content (AvgIpc) is 3.09. The highest BCUT2D eigenvalue weighted by atomic mass is 16.5. The Labute approximate surface area is 306 Å². The lowest BCUT2D eigenvalue weighted by Crippen LogP contribution is -2.05. The number of carbonyl (C=O) groups is 2. The van der Waals surface area contributed by atoms with Crippen molar-refractivity contribution in [3.8, 4) is 0 Å². The number of allylic oxidation sites excluding steroid dienone is 4. The molecule has 0 radical (unpaired) electrons. The number of aliphatic carboxylic acids is 1. The van der Waals surface area contributed by atoms with E-state index < -0.39 is 5.97 Å². The van der Waals surface area contributed by atoms with Crippen molar-refractivity contribution in [2.24, 2.45) is 0 Å². The summed E-state index contributed by atoms with van der Waals surface area (Å²) in [6, 6.07) is 0. The molecule has 292 valence electrons. The minimum absolute atomic E-state index is 0.0129. The molecule has 49 heavy (non-hydrogen) atoms. The second-order valence-electron chi connectivity index (χ2n) is 13.7.